The number of benzene rings is 2. The van der Waals surface area contributed by atoms with Crippen molar-refractivity contribution in [3.05, 3.63) is 59.7 Å². The normalized spacial score (nSPS) is 11.9. The van der Waals surface area contributed by atoms with E-state index in [0.717, 1.165) is 17.9 Å². The van der Waals surface area contributed by atoms with Crippen molar-refractivity contribution in [2.75, 3.05) is 19.0 Å². The van der Waals surface area contributed by atoms with Gasteiger partial charge in [0.15, 0.2) is 0 Å². The first-order chi connectivity index (χ1) is 9.72. The lowest BCUT2D eigenvalue weighted by atomic mass is 10.0. The van der Waals surface area contributed by atoms with Crippen molar-refractivity contribution in [3.8, 4) is 5.75 Å². The first kappa shape index (κ1) is 14.4. The Morgan fingerprint density at radius 2 is 1.70 bits per heavy atom. The Bertz CT molecular complexity index is 520. The van der Waals surface area contributed by atoms with E-state index >= 15 is 0 Å². The van der Waals surface area contributed by atoms with E-state index in [2.05, 4.69) is 36.5 Å². The van der Waals surface area contributed by atoms with Crippen LogP contribution in [0.25, 0.3) is 0 Å². The van der Waals surface area contributed by atoms with Gasteiger partial charge in [-0.05, 0) is 49.7 Å². The van der Waals surface area contributed by atoms with Crippen LogP contribution in [0.2, 0.25) is 0 Å². The standard InChI is InChI=1S/C17H22N2O/c1-13-3-5-14(6-4-13)17(11-12-18)19-15-7-9-16(20-2)10-8-15/h3-10,17,19H,11-12,18H2,1-2H3. The molecule has 3 N–H and O–H groups in total. The van der Waals surface area contributed by atoms with Crippen LogP contribution in [0.4, 0.5) is 5.69 Å². The van der Waals surface area contributed by atoms with E-state index in [4.69, 9.17) is 10.5 Å². The third-order valence-electron chi connectivity index (χ3n) is 3.37. The minimum absolute atomic E-state index is 0.231. The second-order valence-corrected chi connectivity index (χ2v) is 4.91. The Labute approximate surface area is 120 Å². The van der Waals surface area contributed by atoms with Gasteiger partial charge in [0.05, 0.1) is 13.2 Å². The zero-order valence-electron chi connectivity index (χ0n) is 12.1. The highest BCUT2D eigenvalue weighted by Crippen LogP contribution is 2.24. The van der Waals surface area contributed by atoms with E-state index in [9.17, 15) is 0 Å². The lowest BCUT2D eigenvalue weighted by Crippen LogP contribution is -2.15. The van der Waals surface area contributed by atoms with Gasteiger partial charge in [-0.25, -0.2) is 0 Å². The fourth-order valence-corrected chi connectivity index (χ4v) is 2.18. The van der Waals surface area contributed by atoms with Gasteiger partial charge in [-0.2, -0.15) is 0 Å². The maximum absolute atomic E-state index is 5.74. The molecule has 0 heterocycles. The van der Waals surface area contributed by atoms with Crippen LogP contribution in [0.5, 0.6) is 5.75 Å². The molecule has 1 unspecified atom stereocenters. The molecule has 0 saturated heterocycles. The van der Waals surface area contributed by atoms with Gasteiger partial charge in [0, 0.05) is 5.69 Å². The fraction of sp³-hybridized carbons (Fsp3) is 0.294. The zero-order chi connectivity index (χ0) is 14.4. The van der Waals surface area contributed by atoms with Gasteiger partial charge in [-0.1, -0.05) is 29.8 Å². The second kappa shape index (κ2) is 6.96. The molecule has 0 fully saturated rings. The van der Waals surface area contributed by atoms with Crippen molar-refractivity contribution in [3.63, 3.8) is 0 Å². The van der Waals surface area contributed by atoms with Crippen LogP contribution in [-0.2, 0) is 0 Å². The Morgan fingerprint density at radius 1 is 1.05 bits per heavy atom. The van der Waals surface area contributed by atoms with Crippen LogP contribution in [0.1, 0.15) is 23.6 Å². The number of nitrogens with one attached hydrogen (secondary N) is 1. The molecule has 2 rings (SSSR count). The molecule has 0 amide bonds. The van der Waals surface area contributed by atoms with Gasteiger partial charge in [0.25, 0.3) is 0 Å². The summed E-state index contributed by atoms with van der Waals surface area (Å²) >= 11 is 0. The van der Waals surface area contributed by atoms with Crippen molar-refractivity contribution in [1.29, 1.82) is 0 Å². The summed E-state index contributed by atoms with van der Waals surface area (Å²) in [5, 5.41) is 3.53. The molecule has 0 aliphatic carbocycles. The predicted octanol–water partition coefficient (Wildman–Crippen LogP) is 3.51. The lowest BCUT2D eigenvalue weighted by Gasteiger charge is -2.20. The van der Waals surface area contributed by atoms with E-state index < -0.39 is 0 Å². The van der Waals surface area contributed by atoms with Crippen LogP contribution >= 0.6 is 0 Å². The molecule has 0 saturated carbocycles. The number of methoxy groups -OCH3 is 1. The number of hydrogen-bond donors (Lipinski definition) is 2. The minimum atomic E-state index is 0.231. The van der Waals surface area contributed by atoms with Gasteiger partial charge in [-0.3, -0.25) is 0 Å². The van der Waals surface area contributed by atoms with E-state index in [0.29, 0.717) is 6.54 Å². The average Bonchev–Trinajstić information content (AvgIpc) is 2.48. The van der Waals surface area contributed by atoms with E-state index in [1.54, 1.807) is 7.11 Å². The van der Waals surface area contributed by atoms with Crippen LogP contribution < -0.4 is 15.8 Å². The lowest BCUT2D eigenvalue weighted by molar-refractivity contribution is 0.415. The molecule has 0 bridgehead atoms. The van der Waals surface area contributed by atoms with Gasteiger partial charge in [-0.15, -0.1) is 0 Å². The summed E-state index contributed by atoms with van der Waals surface area (Å²) in [5.41, 5.74) is 9.34. The van der Waals surface area contributed by atoms with Crippen LogP contribution in [0.3, 0.4) is 0 Å². The number of nitrogens with two attached hydrogens (primary N) is 1. The van der Waals surface area contributed by atoms with Crippen molar-refractivity contribution in [2.45, 2.75) is 19.4 Å². The van der Waals surface area contributed by atoms with Crippen LogP contribution in [-0.4, -0.2) is 13.7 Å². The van der Waals surface area contributed by atoms with Crippen molar-refractivity contribution < 1.29 is 4.74 Å². The summed E-state index contributed by atoms with van der Waals surface area (Å²) in [6, 6.07) is 16.8. The topological polar surface area (TPSA) is 47.3 Å². The van der Waals surface area contributed by atoms with Gasteiger partial charge < -0.3 is 15.8 Å². The third-order valence-corrected chi connectivity index (χ3v) is 3.37. The third kappa shape index (κ3) is 3.75. The molecule has 2 aromatic carbocycles. The maximum Gasteiger partial charge on any atom is 0.119 e. The molecule has 0 spiro atoms. The molecule has 3 nitrogen and oxygen atoms in total. The summed E-state index contributed by atoms with van der Waals surface area (Å²) in [5.74, 6) is 0.862. The highest BCUT2D eigenvalue weighted by Gasteiger charge is 2.10. The van der Waals surface area contributed by atoms with E-state index in [1.807, 2.05) is 24.3 Å². The van der Waals surface area contributed by atoms with Crippen molar-refractivity contribution >= 4 is 5.69 Å². The Kier molecular flexibility index (Phi) is 5.02. The quantitative estimate of drug-likeness (QED) is 0.844. The Hall–Kier alpha value is -2.00. The molecule has 1 atom stereocenters. The molecule has 0 aliphatic heterocycles. The average molecular weight is 270 g/mol. The zero-order valence-corrected chi connectivity index (χ0v) is 12.1. The van der Waals surface area contributed by atoms with Crippen molar-refractivity contribution in [2.24, 2.45) is 5.73 Å². The van der Waals surface area contributed by atoms with E-state index in [1.165, 1.54) is 11.1 Å². The predicted molar refractivity (Wildman–Crippen MR) is 84.2 cm³/mol. The molecule has 3 heteroatoms. The summed E-state index contributed by atoms with van der Waals surface area (Å²) in [6.07, 6.45) is 0.898. The van der Waals surface area contributed by atoms with Crippen molar-refractivity contribution in [1.82, 2.24) is 0 Å². The summed E-state index contributed by atoms with van der Waals surface area (Å²) < 4.78 is 5.17. The second-order valence-electron chi connectivity index (χ2n) is 4.91. The maximum atomic E-state index is 5.74. The largest absolute Gasteiger partial charge is 0.497 e. The summed E-state index contributed by atoms with van der Waals surface area (Å²) in [7, 11) is 1.67. The van der Waals surface area contributed by atoms with Gasteiger partial charge >= 0.3 is 0 Å². The first-order valence-corrected chi connectivity index (χ1v) is 6.90. The number of ether oxygens (including phenoxy) is 1. The first-order valence-electron chi connectivity index (χ1n) is 6.90. The number of hydrogen-bond acceptors (Lipinski definition) is 3. The number of rotatable bonds is 6. The molecule has 0 aliphatic rings. The number of aryl methyl sites for hydroxylation is 1. The monoisotopic (exact) mass is 270 g/mol. The minimum Gasteiger partial charge on any atom is -0.497 e. The van der Waals surface area contributed by atoms with Gasteiger partial charge in [0.1, 0.15) is 5.75 Å². The SMILES string of the molecule is COc1ccc(NC(CCN)c2ccc(C)cc2)cc1. The molecular formula is C17H22N2O. The molecular weight excluding hydrogens is 248 g/mol. The summed E-state index contributed by atoms with van der Waals surface area (Å²) in [6.45, 7) is 2.75. The highest BCUT2D eigenvalue weighted by atomic mass is 16.5. The van der Waals surface area contributed by atoms with Crippen LogP contribution in [0, 0.1) is 6.92 Å². The van der Waals surface area contributed by atoms with Gasteiger partial charge in [0.2, 0.25) is 0 Å². The Balaban J connectivity index is 2.13. The Morgan fingerprint density at radius 3 is 2.25 bits per heavy atom. The summed E-state index contributed by atoms with van der Waals surface area (Å²) in [4.78, 5) is 0. The van der Waals surface area contributed by atoms with E-state index in [-0.39, 0.29) is 6.04 Å². The molecule has 2 aromatic rings. The smallest absolute Gasteiger partial charge is 0.119 e. The fourth-order valence-electron chi connectivity index (χ4n) is 2.18. The molecule has 0 aromatic heterocycles. The molecule has 20 heavy (non-hydrogen) atoms. The highest BCUT2D eigenvalue weighted by molar-refractivity contribution is 5.48. The number of anilines is 1. The molecule has 106 valence electrons. The van der Waals surface area contributed by atoms with Crippen LogP contribution in [0.15, 0.2) is 48.5 Å². The molecule has 0 radical (unpaired) electrons.